The summed E-state index contributed by atoms with van der Waals surface area (Å²) in [4.78, 5) is 12.1. The molecule has 0 atom stereocenters. The number of hydrogen-bond acceptors (Lipinski definition) is 4. The number of nitrogens with two attached hydrogens (primary N) is 1. The normalized spacial score (nSPS) is 10.1. The van der Waals surface area contributed by atoms with Crippen LogP contribution in [0.25, 0.3) is 0 Å². The number of carbonyl (C=O) groups excluding carboxylic acids is 1. The second-order valence-electron chi connectivity index (χ2n) is 4.07. The van der Waals surface area contributed by atoms with Crippen LogP contribution in [0.15, 0.2) is 40.9 Å². The molecule has 0 aliphatic heterocycles. The van der Waals surface area contributed by atoms with E-state index in [1.165, 1.54) is 19.2 Å². The SMILES string of the molecule is COc1ccc(N)c(NC(=O)c2ccc(Br)cc2O)c1. The fourth-order valence-corrected chi connectivity index (χ4v) is 2.01. The smallest absolute Gasteiger partial charge is 0.259 e. The largest absolute Gasteiger partial charge is 0.507 e. The van der Waals surface area contributed by atoms with Crippen LogP contribution in [-0.4, -0.2) is 18.1 Å². The number of nitrogen functional groups attached to an aromatic ring is 1. The number of halogens is 1. The molecule has 2 aromatic carbocycles. The molecule has 0 aromatic heterocycles. The Bertz CT molecular complexity index is 659. The topological polar surface area (TPSA) is 84.6 Å². The first-order valence-electron chi connectivity index (χ1n) is 5.74. The molecule has 104 valence electrons. The summed E-state index contributed by atoms with van der Waals surface area (Å²) in [5, 5.41) is 12.4. The summed E-state index contributed by atoms with van der Waals surface area (Å²) in [7, 11) is 1.53. The molecule has 4 N–H and O–H groups in total. The van der Waals surface area contributed by atoms with E-state index in [4.69, 9.17) is 10.5 Å². The molecule has 2 rings (SSSR count). The minimum atomic E-state index is -0.449. The van der Waals surface area contributed by atoms with Crippen LogP contribution >= 0.6 is 15.9 Å². The minimum Gasteiger partial charge on any atom is -0.507 e. The van der Waals surface area contributed by atoms with Crippen LogP contribution in [0.2, 0.25) is 0 Å². The number of amides is 1. The third-order valence-corrected chi connectivity index (χ3v) is 3.21. The predicted octanol–water partition coefficient (Wildman–Crippen LogP) is 3.00. The van der Waals surface area contributed by atoms with Gasteiger partial charge in [0.25, 0.3) is 5.91 Å². The lowest BCUT2D eigenvalue weighted by molar-refractivity contribution is 0.102. The van der Waals surface area contributed by atoms with Gasteiger partial charge in [0, 0.05) is 10.5 Å². The molecule has 0 unspecified atom stereocenters. The number of phenolic OH excluding ortho intramolecular Hbond substituents is 1. The molecule has 1 amide bonds. The van der Waals surface area contributed by atoms with E-state index in [-0.39, 0.29) is 11.3 Å². The molecule has 0 saturated carbocycles. The second kappa shape index (κ2) is 5.83. The van der Waals surface area contributed by atoms with Crippen LogP contribution in [0.1, 0.15) is 10.4 Å². The van der Waals surface area contributed by atoms with E-state index in [0.717, 1.165) is 0 Å². The molecule has 0 saturated heterocycles. The highest BCUT2D eigenvalue weighted by atomic mass is 79.9. The Hall–Kier alpha value is -2.21. The summed E-state index contributed by atoms with van der Waals surface area (Å²) in [6, 6.07) is 9.58. The van der Waals surface area contributed by atoms with E-state index < -0.39 is 5.91 Å². The summed E-state index contributed by atoms with van der Waals surface area (Å²) in [6.45, 7) is 0. The van der Waals surface area contributed by atoms with Crippen LogP contribution in [0.4, 0.5) is 11.4 Å². The summed E-state index contributed by atoms with van der Waals surface area (Å²) in [6.07, 6.45) is 0. The van der Waals surface area contributed by atoms with Gasteiger partial charge in [0.05, 0.1) is 24.0 Å². The van der Waals surface area contributed by atoms with Crippen molar-refractivity contribution in [3.8, 4) is 11.5 Å². The first kappa shape index (κ1) is 14.2. The van der Waals surface area contributed by atoms with Gasteiger partial charge in [-0.2, -0.15) is 0 Å². The molecular weight excluding hydrogens is 324 g/mol. The molecule has 0 heterocycles. The van der Waals surface area contributed by atoms with E-state index >= 15 is 0 Å². The summed E-state index contributed by atoms with van der Waals surface area (Å²) in [5.41, 5.74) is 6.80. The van der Waals surface area contributed by atoms with Gasteiger partial charge in [0.15, 0.2) is 0 Å². The quantitative estimate of drug-likeness (QED) is 0.752. The number of nitrogens with one attached hydrogen (secondary N) is 1. The van der Waals surface area contributed by atoms with Crippen molar-refractivity contribution >= 4 is 33.2 Å². The Balaban J connectivity index is 2.27. The van der Waals surface area contributed by atoms with Crippen molar-refractivity contribution in [1.29, 1.82) is 0 Å². The molecule has 20 heavy (non-hydrogen) atoms. The molecule has 5 nitrogen and oxygen atoms in total. The van der Waals surface area contributed by atoms with Crippen LogP contribution in [0, 0.1) is 0 Å². The first-order valence-corrected chi connectivity index (χ1v) is 6.54. The average molecular weight is 337 g/mol. The van der Waals surface area contributed by atoms with E-state index in [0.29, 0.717) is 21.6 Å². The van der Waals surface area contributed by atoms with Crippen molar-refractivity contribution in [1.82, 2.24) is 0 Å². The summed E-state index contributed by atoms with van der Waals surface area (Å²) in [5.74, 6) is 0.0165. The van der Waals surface area contributed by atoms with Crippen molar-refractivity contribution in [3.63, 3.8) is 0 Å². The van der Waals surface area contributed by atoms with Gasteiger partial charge in [-0.05, 0) is 30.3 Å². The highest BCUT2D eigenvalue weighted by Gasteiger charge is 2.13. The van der Waals surface area contributed by atoms with Gasteiger partial charge in [0.1, 0.15) is 11.5 Å². The maximum Gasteiger partial charge on any atom is 0.259 e. The monoisotopic (exact) mass is 336 g/mol. The Kier molecular flexibility index (Phi) is 4.14. The fourth-order valence-electron chi connectivity index (χ4n) is 1.66. The Morgan fingerprint density at radius 1 is 1.30 bits per heavy atom. The minimum absolute atomic E-state index is 0.113. The number of rotatable bonds is 3. The van der Waals surface area contributed by atoms with E-state index in [2.05, 4.69) is 21.2 Å². The van der Waals surface area contributed by atoms with Crippen LogP contribution in [-0.2, 0) is 0 Å². The molecule has 0 radical (unpaired) electrons. The number of aromatic hydroxyl groups is 1. The number of phenols is 1. The van der Waals surface area contributed by atoms with E-state index in [1.807, 2.05) is 0 Å². The van der Waals surface area contributed by atoms with Gasteiger partial charge in [0.2, 0.25) is 0 Å². The molecule has 0 aliphatic carbocycles. The van der Waals surface area contributed by atoms with Gasteiger partial charge in [-0.3, -0.25) is 4.79 Å². The van der Waals surface area contributed by atoms with Gasteiger partial charge in [-0.1, -0.05) is 15.9 Å². The van der Waals surface area contributed by atoms with Crippen molar-refractivity contribution in [2.75, 3.05) is 18.2 Å². The number of ether oxygens (including phenoxy) is 1. The van der Waals surface area contributed by atoms with Crippen LogP contribution < -0.4 is 15.8 Å². The molecule has 2 aromatic rings. The lowest BCUT2D eigenvalue weighted by Gasteiger charge is -2.11. The highest BCUT2D eigenvalue weighted by molar-refractivity contribution is 9.10. The number of methoxy groups -OCH3 is 1. The van der Waals surface area contributed by atoms with Gasteiger partial charge in [-0.15, -0.1) is 0 Å². The maximum atomic E-state index is 12.1. The van der Waals surface area contributed by atoms with Gasteiger partial charge >= 0.3 is 0 Å². The molecular formula is C14H13BrN2O3. The lowest BCUT2D eigenvalue weighted by Crippen LogP contribution is -2.13. The molecule has 0 aliphatic rings. The van der Waals surface area contributed by atoms with Crippen LogP contribution in [0.3, 0.4) is 0 Å². The molecule has 0 spiro atoms. The summed E-state index contributed by atoms with van der Waals surface area (Å²) >= 11 is 3.21. The molecule has 0 bridgehead atoms. The standard InChI is InChI=1S/C14H13BrN2O3/c1-20-9-3-5-11(16)12(7-9)17-14(19)10-4-2-8(15)6-13(10)18/h2-7,18H,16H2,1H3,(H,17,19). The highest BCUT2D eigenvalue weighted by Crippen LogP contribution is 2.27. The third kappa shape index (κ3) is 3.03. The number of benzene rings is 2. The van der Waals surface area contributed by atoms with Crippen molar-refractivity contribution in [3.05, 3.63) is 46.4 Å². The summed E-state index contributed by atoms with van der Waals surface area (Å²) < 4.78 is 5.76. The first-order chi connectivity index (χ1) is 9.51. The Morgan fingerprint density at radius 3 is 2.70 bits per heavy atom. The van der Waals surface area contributed by atoms with Gasteiger partial charge in [-0.25, -0.2) is 0 Å². The Labute approximate surface area is 124 Å². The van der Waals surface area contributed by atoms with Crippen LogP contribution in [0.5, 0.6) is 11.5 Å². The predicted molar refractivity (Wildman–Crippen MR) is 81.2 cm³/mol. The lowest BCUT2D eigenvalue weighted by atomic mass is 10.1. The van der Waals surface area contributed by atoms with E-state index in [1.54, 1.807) is 24.3 Å². The fraction of sp³-hybridized carbons (Fsp3) is 0.0714. The zero-order chi connectivity index (χ0) is 14.7. The number of anilines is 2. The maximum absolute atomic E-state index is 12.1. The zero-order valence-electron chi connectivity index (χ0n) is 10.7. The Morgan fingerprint density at radius 2 is 2.05 bits per heavy atom. The van der Waals surface area contributed by atoms with E-state index in [9.17, 15) is 9.90 Å². The number of carbonyl (C=O) groups is 1. The average Bonchev–Trinajstić information content (AvgIpc) is 2.41. The van der Waals surface area contributed by atoms with Crippen molar-refractivity contribution < 1.29 is 14.6 Å². The van der Waals surface area contributed by atoms with Crippen molar-refractivity contribution in [2.45, 2.75) is 0 Å². The number of hydrogen-bond donors (Lipinski definition) is 3. The molecule has 0 fully saturated rings. The van der Waals surface area contributed by atoms with Gasteiger partial charge < -0.3 is 20.9 Å². The molecule has 6 heteroatoms. The van der Waals surface area contributed by atoms with Crippen molar-refractivity contribution in [2.24, 2.45) is 0 Å². The third-order valence-electron chi connectivity index (χ3n) is 2.71. The second-order valence-corrected chi connectivity index (χ2v) is 4.98. The zero-order valence-corrected chi connectivity index (χ0v) is 12.3.